The number of para-hydroxylation sites is 3. The molecule has 2 atom stereocenters. The maximum Gasteiger partial charge on any atom is 0.329 e. The minimum Gasteiger partial charge on any atom is -0.491 e. The van der Waals surface area contributed by atoms with Crippen molar-refractivity contribution in [3.8, 4) is 17.2 Å². The fourth-order valence-electron chi connectivity index (χ4n) is 2.88. The Bertz CT molecular complexity index is 860. The Hall–Kier alpha value is -3.26. The van der Waals surface area contributed by atoms with Crippen LogP contribution in [-0.2, 0) is 14.3 Å². The van der Waals surface area contributed by atoms with Crippen molar-refractivity contribution in [3.05, 3.63) is 54.6 Å². The summed E-state index contributed by atoms with van der Waals surface area (Å²) >= 11 is 0. The molecule has 2 aromatic rings. The summed E-state index contributed by atoms with van der Waals surface area (Å²) in [4.78, 5) is 24.6. The molecule has 0 bridgehead atoms. The summed E-state index contributed by atoms with van der Waals surface area (Å²) in [5, 5.41) is 5.72. The highest BCUT2D eigenvalue weighted by Crippen LogP contribution is 2.30. The maximum atomic E-state index is 12.3. The average molecular weight is 414 g/mol. The third kappa shape index (κ3) is 5.64. The van der Waals surface area contributed by atoms with Gasteiger partial charge in [-0.25, -0.2) is 4.79 Å². The van der Waals surface area contributed by atoms with Crippen LogP contribution in [0.1, 0.15) is 6.92 Å². The van der Waals surface area contributed by atoms with Crippen LogP contribution in [0.4, 0.5) is 0 Å². The average Bonchev–Trinajstić information content (AvgIpc) is 2.80. The molecular weight excluding hydrogens is 388 g/mol. The summed E-state index contributed by atoms with van der Waals surface area (Å²) in [6.07, 6.45) is -0.294. The normalized spacial score (nSPS) is 16.8. The van der Waals surface area contributed by atoms with E-state index >= 15 is 0 Å². The van der Waals surface area contributed by atoms with Crippen molar-refractivity contribution in [3.63, 3.8) is 0 Å². The molecule has 160 valence electrons. The van der Waals surface area contributed by atoms with Crippen molar-refractivity contribution >= 4 is 11.9 Å². The Morgan fingerprint density at radius 3 is 2.53 bits per heavy atom. The lowest BCUT2D eigenvalue weighted by Gasteiger charge is -2.28. The molecule has 30 heavy (non-hydrogen) atoms. The molecule has 2 aromatic carbocycles. The molecular formula is C22H26N2O6. The molecule has 2 unspecified atom stereocenters. The lowest BCUT2D eigenvalue weighted by atomic mass is 10.0. The number of esters is 1. The molecule has 8 heteroatoms. The van der Waals surface area contributed by atoms with E-state index in [4.69, 9.17) is 18.9 Å². The van der Waals surface area contributed by atoms with Gasteiger partial charge in [0.05, 0.1) is 20.2 Å². The molecule has 0 aliphatic carbocycles. The van der Waals surface area contributed by atoms with E-state index in [9.17, 15) is 9.59 Å². The van der Waals surface area contributed by atoms with Gasteiger partial charge in [-0.1, -0.05) is 30.3 Å². The fourth-order valence-corrected chi connectivity index (χ4v) is 2.88. The van der Waals surface area contributed by atoms with Gasteiger partial charge in [0.25, 0.3) is 0 Å². The van der Waals surface area contributed by atoms with Gasteiger partial charge in [0.15, 0.2) is 11.5 Å². The van der Waals surface area contributed by atoms with Crippen LogP contribution < -0.4 is 24.8 Å². The van der Waals surface area contributed by atoms with Crippen molar-refractivity contribution in [2.45, 2.75) is 18.6 Å². The quantitative estimate of drug-likeness (QED) is 0.601. The molecule has 0 fully saturated rings. The molecule has 2 N–H and O–H groups in total. The number of hydrogen-bond acceptors (Lipinski definition) is 7. The van der Waals surface area contributed by atoms with E-state index in [1.165, 1.54) is 7.11 Å². The zero-order valence-corrected chi connectivity index (χ0v) is 17.1. The molecule has 1 aliphatic rings. The number of hydrogen-bond donors (Lipinski definition) is 2. The predicted molar refractivity (Wildman–Crippen MR) is 110 cm³/mol. The van der Waals surface area contributed by atoms with Gasteiger partial charge in [-0.15, -0.1) is 0 Å². The molecule has 3 rings (SSSR count). The van der Waals surface area contributed by atoms with Crippen molar-refractivity contribution in [1.29, 1.82) is 0 Å². The zero-order chi connectivity index (χ0) is 21.4. The van der Waals surface area contributed by atoms with Gasteiger partial charge < -0.3 is 24.3 Å². The Kier molecular flexibility index (Phi) is 7.13. The van der Waals surface area contributed by atoms with E-state index in [-0.39, 0.29) is 31.7 Å². The summed E-state index contributed by atoms with van der Waals surface area (Å²) in [5.41, 5.74) is -1.19. The summed E-state index contributed by atoms with van der Waals surface area (Å²) in [5.74, 6) is 1.15. The number of carbonyl (C=O) groups is 2. The lowest BCUT2D eigenvalue weighted by molar-refractivity contribution is -0.149. The van der Waals surface area contributed by atoms with Gasteiger partial charge >= 0.3 is 5.97 Å². The highest BCUT2D eigenvalue weighted by Gasteiger charge is 2.36. The van der Waals surface area contributed by atoms with Crippen LogP contribution in [0.3, 0.4) is 0 Å². The standard InChI is InChI=1S/C22H26N2O6/c1-22(21(26)27-2,15-29-16-8-4-3-5-9-16)24-13-20(25)23-12-17-14-28-18-10-6-7-11-19(18)30-17/h3-11,17,24H,12-15H2,1-2H3,(H,23,25). The molecule has 0 radical (unpaired) electrons. The first-order chi connectivity index (χ1) is 14.5. The Labute approximate surface area is 175 Å². The van der Waals surface area contributed by atoms with E-state index in [1.807, 2.05) is 42.5 Å². The van der Waals surface area contributed by atoms with E-state index in [0.29, 0.717) is 23.9 Å². The predicted octanol–water partition coefficient (Wildman–Crippen LogP) is 1.54. The van der Waals surface area contributed by atoms with Crippen LogP contribution in [0.15, 0.2) is 54.6 Å². The SMILES string of the molecule is COC(=O)C(C)(COc1ccccc1)NCC(=O)NCC1COc2ccccc2O1. The third-order valence-corrected chi connectivity index (χ3v) is 4.64. The third-order valence-electron chi connectivity index (χ3n) is 4.64. The van der Waals surface area contributed by atoms with Crippen molar-refractivity contribution in [2.75, 3.05) is 33.4 Å². The highest BCUT2D eigenvalue weighted by atomic mass is 16.6. The number of fused-ring (bicyclic) bond motifs is 1. The Morgan fingerprint density at radius 2 is 1.80 bits per heavy atom. The van der Waals surface area contributed by atoms with Crippen LogP contribution in [0.25, 0.3) is 0 Å². The van der Waals surface area contributed by atoms with Crippen molar-refractivity contribution in [1.82, 2.24) is 10.6 Å². The molecule has 0 spiro atoms. The topological polar surface area (TPSA) is 95.1 Å². The molecule has 1 heterocycles. The van der Waals surface area contributed by atoms with Crippen LogP contribution in [0, 0.1) is 0 Å². The number of benzene rings is 2. The number of amides is 1. The van der Waals surface area contributed by atoms with Crippen molar-refractivity contribution in [2.24, 2.45) is 0 Å². The van der Waals surface area contributed by atoms with Gasteiger partial charge in [-0.3, -0.25) is 10.1 Å². The number of ether oxygens (including phenoxy) is 4. The van der Waals surface area contributed by atoms with Gasteiger partial charge in [-0.05, 0) is 31.2 Å². The monoisotopic (exact) mass is 414 g/mol. The maximum absolute atomic E-state index is 12.3. The number of nitrogens with one attached hydrogen (secondary N) is 2. The van der Waals surface area contributed by atoms with Crippen LogP contribution in [-0.4, -0.2) is 56.9 Å². The molecule has 0 aromatic heterocycles. The second-order valence-corrected chi connectivity index (χ2v) is 7.08. The first kappa shape index (κ1) is 21.4. The van der Waals surface area contributed by atoms with Gasteiger partial charge in [-0.2, -0.15) is 0 Å². The molecule has 0 saturated carbocycles. The molecule has 1 amide bonds. The van der Waals surface area contributed by atoms with Crippen LogP contribution in [0.5, 0.6) is 17.2 Å². The minimum absolute atomic E-state index is 0.00727. The second-order valence-electron chi connectivity index (χ2n) is 7.08. The summed E-state index contributed by atoms with van der Waals surface area (Å²) in [7, 11) is 1.29. The molecule has 0 saturated heterocycles. The van der Waals surface area contributed by atoms with Gasteiger partial charge in [0.2, 0.25) is 5.91 Å². The van der Waals surface area contributed by atoms with Gasteiger partial charge in [0, 0.05) is 0 Å². The number of carbonyl (C=O) groups excluding carboxylic acids is 2. The van der Waals surface area contributed by atoms with E-state index in [2.05, 4.69) is 10.6 Å². The van der Waals surface area contributed by atoms with Crippen LogP contribution in [0.2, 0.25) is 0 Å². The Morgan fingerprint density at radius 1 is 1.10 bits per heavy atom. The zero-order valence-electron chi connectivity index (χ0n) is 17.1. The second kappa shape index (κ2) is 9.98. The smallest absolute Gasteiger partial charge is 0.329 e. The van der Waals surface area contributed by atoms with Crippen molar-refractivity contribution < 1.29 is 28.5 Å². The summed E-state index contributed by atoms with van der Waals surface area (Å²) < 4.78 is 22.0. The first-order valence-corrected chi connectivity index (χ1v) is 9.66. The summed E-state index contributed by atoms with van der Waals surface area (Å²) in [6.45, 7) is 2.17. The van der Waals surface area contributed by atoms with E-state index < -0.39 is 11.5 Å². The Balaban J connectivity index is 1.47. The first-order valence-electron chi connectivity index (χ1n) is 9.66. The molecule has 8 nitrogen and oxygen atoms in total. The lowest BCUT2D eigenvalue weighted by Crippen LogP contribution is -2.57. The fraction of sp³-hybridized carbons (Fsp3) is 0.364. The largest absolute Gasteiger partial charge is 0.491 e. The van der Waals surface area contributed by atoms with E-state index in [0.717, 1.165) is 0 Å². The number of methoxy groups -OCH3 is 1. The number of rotatable bonds is 9. The molecule has 1 aliphatic heterocycles. The summed E-state index contributed by atoms with van der Waals surface area (Å²) in [6, 6.07) is 16.5. The van der Waals surface area contributed by atoms with Crippen LogP contribution >= 0.6 is 0 Å². The van der Waals surface area contributed by atoms with Gasteiger partial charge in [0.1, 0.15) is 30.6 Å². The van der Waals surface area contributed by atoms with E-state index in [1.54, 1.807) is 19.1 Å². The minimum atomic E-state index is -1.19. The highest BCUT2D eigenvalue weighted by molar-refractivity contribution is 5.83.